The largest absolute Gasteiger partial charge is 0.478 e. The van der Waals surface area contributed by atoms with Crippen molar-refractivity contribution in [3.05, 3.63) is 102 Å². The number of nitrogens with one attached hydrogen (secondary N) is 1. The molecule has 7 rings (SSSR count). The average Bonchev–Trinajstić information content (AvgIpc) is 3.67. The number of aromatic carboxylic acids is 1. The SMILES string of the molecule is CCNc1ccc(N2C(=O)c3ccc(C(=O)O)cc3C2=O)cc1-c1nc2cc(-c3cc4ccccc4o3)ccc2o1. The Balaban J connectivity index is 1.29. The van der Waals surface area contributed by atoms with E-state index in [1.54, 1.807) is 18.2 Å². The second kappa shape index (κ2) is 9.20. The van der Waals surface area contributed by atoms with Gasteiger partial charge < -0.3 is 19.3 Å². The number of para-hydroxylation sites is 1. The van der Waals surface area contributed by atoms with Crippen LogP contribution in [0.2, 0.25) is 0 Å². The summed E-state index contributed by atoms with van der Waals surface area (Å²) in [5.41, 5.74) is 4.55. The fourth-order valence-corrected chi connectivity index (χ4v) is 5.12. The van der Waals surface area contributed by atoms with Gasteiger partial charge in [0.25, 0.3) is 11.8 Å². The van der Waals surface area contributed by atoms with E-state index in [4.69, 9.17) is 13.8 Å². The first kappa shape index (κ1) is 24.3. The molecule has 3 heterocycles. The number of hydrogen-bond acceptors (Lipinski definition) is 7. The summed E-state index contributed by atoms with van der Waals surface area (Å²) in [6, 6.07) is 24.4. The molecule has 0 saturated heterocycles. The number of carboxylic acids is 1. The summed E-state index contributed by atoms with van der Waals surface area (Å²) in [6.45, 7) is 2.57. The molecule has 0 atom stereocenters. The third kappa shape index (κ3) is 3.94. The molecule has 1 aliphatic heterocycles. The minimum Gasteiger partial charge on any atom is -0.478 e. The van der Waals surface area contributed by atoms with Gasteiger partial charge in [0.15, 0.2) is 5.58 Å². The molecule has 0 fully saturated rings. The minimum absolute atomic E-state index is 0.0483. The first-order valence-corrected chi connectivity index (χ1v) is 12.9. The number of benzene rings is 4. The topological polar surface area (TPSA) is 126 Å². The van der Waals surface area contributed by atoms with Crippen LogP contribution < -0.4 is 10.2 Å². The van der Waals surface area contributed by atoms with E-state index in [2.05, 4.69) is 5.32 Å². The zero-order valence-corrected chi connectivity index (χ0v) is 21.7. The highest BCUT2D eigenvalue weighted by Gasteiger charge is 2.37. The average molecular weight is 544 g/mol. The number of hydrogen-bond donors (Lipinski definition) is 2. The molecule has 2 N–H and O–H groups in total. The lowest BCUT2D eigenvalue weighted by molar-refractivity contribution is 0.0696. The van der Waals surface area contributed by atoms with E-state index in [0.717, 1.165) is 21.4 Å². The standard InChI is InChI=1S/C32H21N3O6/c1-2-33-24-11-9-20(35-30(36)21-10-7-19(32(38)39)13-22(21)31(35)37)16-23(24)29-34-25-14-18(8-12-27(25)41-29)28-15-17-5-3-4-6-26(17)40-28/h3-16,33H,2H2,1H3,(H,38,39). The first-order valence-electron chi connectivity index (χ1n) is 12.9. The molecule has 4 aromatic carbocycles. The van der Waals surface area contributed by atoms with Crippen molar-refractivity contribution < 1.29 is 28.3 Å². The normalized spacial score (nSPS) is 12.9. The third-order valence-corrected chi connectivity index (χ3v) is 7.09. The van der Waals surface area contributed by atoms with Gasteiger partial charge in [-0.1, -0.05) is 18.2 Å². The molecule has 0 unspecified atom stereocenters. The highest BCUT2D eigenvalue weighted by molar-refractivity contribution is 6.34. The van der Waals surface area contributed by atoms with E-state index in [0.29, 0.717) is 46.2 Å². The molecule has 200 valence electrons. The van der Waals surface area contributed by atoms with Crippen molar-refractivity contribution in [3.63, 3.8) is 0 Å². The fraction of sp³-hybridized carbons (Fsp3) is 0.0625. The van der Waals surface area contributed by atoms with E-state index < -0.39 is 17.8 Å². The molecule has 0 saturated carbocycles. The number of oxazole rings is 1. The molecule has 0 bridgehead atoms. The van der Waals surface area contributed by atoms with E-state index in [9.17, 15) is 19.5 Å². The summed E-state index contributed by atoms with van der Waals surface area (Å²) in [4.78, 5) is 43.7. The Morgan fingerprint density at radius 3 is 2.49 bits per heavy atom. The van der Waals surface area contributed by atoms with Crippen LogP contribution >= 0.6 is 0 Å². The Kier molecular flexibility index (Phi) is 5.46. The molecule has 2 amide bonds. The highest BCUT2D eigenvalue weighted by Crippen LogP contribution is 2.38. The summed E-state index contributed by atoms with van der Waals surface area (Å²) >= 11 is 0. The van der Waals surface area contributed by atoms with E-state index in [-0.39, 0.29) is 16.7 Å². The van der Waals surface area contributed by atoms with Crippen LogP contribution in [-0.4, -0.2) is 34.4 Å². The lowest BCUT2D eigenvalue weighted by Gasteiger charge is -2.17. The van der Waals surface area contributed by atoms with E-state index in [1.165, 1.54) is 18.2 Å². The van der Waals surface area contributed by atoms with Gasteiger partial charge >= 0.3 is 5.97 Å². The van der Waals surface area contributed by atoms with Crippen LogP contribution in [0.5, 0.6) is 0 Å². The number of amides is 2. The molecule has 1 aliphatic rings. The second-order valence-electron chi connectivity index (χ2n) is 9.62. The number of carboxylic acid groups (broad SMARTS) is 1. The maximum absolute atomic E-state index is 13.3. The number of anilines is 2. The van der Waals surface area contributed by atoms with Gasteiger partial charge in [0.1, 0.15) is 16.9 Å². The quantitative estimate of drug-likeness (QED) is 0.219. The predicted molar refractivity (Wildman–Crippen MR) is 153 cm³/mol. The summed E-state index contributed by atoms with van der Waals surface area (Å²) in [6.07, 6.45) is 0. The first-order chi connectivity index (χ1) is 19.9. The highest BCUT2D eigenvalue weighted by atomic mass is 16.4. The van der Waals surface area contributed by atoms with Crippen molar-refractivity contribution in [2.75, 3.05) is 16.8 Å². The monoisotopic (exact) mass is 543 g/mol. The van der Waals surface area contributed by atoms with Crippen molar-refractivity contribution in [2.24, 2.45) is 0 Å². The maximum atomic E-state index is 13.3. The number of furan rings is 1. The predicted octanol–water partition coefficient (Wildman–Crippen LogP) is 6.84. The number of rotatable bonds is 6. The number of fused-ring (bicyclic) bond motifs is 3. The minimum atomic E-state index is -1.18. The summed E-state index contributed by atoms with van der Waals surface area (Å²) in [5.74, 6) is -1.28. The molecule has 0 aliphatic carbocycles. The zero-order chi connectivity index (χ0) is 28.2. The van der Waals surface area contributed by atoms with Gasteiger partial charge in [0.2, 0.25) is 5.89 Å². The fourth-order valence-electron chi connectivity index (χ4n) is 5.12. The van der Waals surface area contributed by atoms with Crippen molar-refractivity contribution in [2.45, 2.75) is 6.92 Å². The van der Waals surface area contributed by atoms with Crippen LogP contribution in [0.25, 0.3) is 44.8 Å². The summed E-state index contributed by atoms with van der Waals surface area (Å²) in [5, 5.41) is 13.6. The third-order valence-electron chi connectivity index (χ3n) is 7.09. The lowest BCUT2D eigenvalue weighted by Crippen LogP contribution is -2.29. The number of imide groups is 1. The number of carbonyl (C=O) groups is 3. The lowest BCUT2D eigenvalue weighted by atomic mass is 10.1. The van der Waals surface area contributed by atoms with E-state index in [1.807, 2.05) is 55.5 Å². The zero-order valence-electron chi connectivity index (χ0n) is 21.7. The summed E-state index contributed by atoms with van der Waals surface area (Å²) < 4.78 is 12.1. The molecular formula is C32H21N3O6. The van der Waals surface area contributed by atoms with Crippen LogP contribution in [0, 0.1) is 0 Å². The van der Waals surface area contributed by atoms with Crippen molar-refractivity contribution >= 4 is 51.2 Å². The molecule has 2 aromatic heterocycles. The van der Waals surface area contributed by atoms with Gasteiger partial charge in [-0.25, -0.2) is 14.7 Å². The molecule has 9 heteroatoms. The molecule has 9 nitrogen and oxygen atoms in total. The Morgan fingerprint density at radius 1 is 0.854 bits per heavy atom. The number of aromatic nitrogens is 1. The molecular weight excluding hydrogens is 522 g/mol. The van der Waals surface area contributed by atoms with Crippen LogP contribution in [0.15, 0.2) is 93.8 Å². The molecule has 0 spiro atoms. The van der Waals surface area contributed by atoms with Gasteiger partial charge in [-0.3, -0.25) is 9.59 Å². The van der Waals surface area contributed by atoms with Crippen molar-refractivity contribution in [1.82, 2.24) is 4.98 Å². The Morgan fingerprint density at radius 2 is 1.68 bits per heavy atom. The Labute approximate surface area is 232 Å². The Bertz CT molecular complexity index is 2020. The van der Waals surface area contributed by atoms with Crippen molar-refractivity contribution in [3.8, 4) is 22.8 Å². The van der Waals surface area contributed by atoms with Gasteiger partial charge in [0.05, 0.1) is 27.9 Å². The summed E-state index contributed by atoms with van der Waals surface area (Å²) in [7, 11) is 0. The van der Waals surface area contributed by atoms with Crippen LogP contribution in [0.1, 0.15) is 38.0 Å². The number of nitrogens with zero attached hydrogens (tertiary/aromatic N) is 2. The maximum Gasteiger partial charge on any atom is 0.335 e. The van der Waals surface area contributed by atoms with E-state index >= 15 is 0 Å². The van der Waals surface area contributed by atoms with Crippen LogP contribution in [0.3, 0.4) is 0 Å². The van der Waals surface area contributed by atoms with Gasteiger partial charge in [-0.05, 0) is 73.7 Å². The van der Waals surface area contributed by atoms with Gasteiger partial charge in [0, 0.05) is 23.2 Å². The smallest absolute Gasteiger partial charge is 0.335 e. The molecule has 41 heavy (non-hydrogen) atoms. The van der Waals surface area contributed by atoms with Crippen LogP contribution in [0.4, 0.5) is 11.4 Å². The molecule has 6 aromatic rings. The van der Waals surface area contributed by atoms with Crippen molar-refractivity contribution in [1.29, 1.82) is 0 Å². The van der Waals surface area contributed by atoms with Crippen LogP contribution in [-0.2, 0) is 0 Å². The number of carbonyl (C=O) groups excluding carboxylic acids is 2. The molecule has 0 radical (unpaired) electrons. The second-order valence-corrected chi connectivity index (χ2v) is 9.62. The Hall–Kier alpha value is -5.70. The van der Waals surface area contributed by atoms with Gasteiger partial charge in [-0.15, -0.1) is 0 Å². The van der Waals surface area contributed by atoms with Gasteiger partial charge in [-0.2, -0.15) is 0 Å².